The minimum absolute atomic E-state index is 0.0206. The molecule has 0 unspecified atom stereocenters. The molecule has 1 fully saturated rings. The maximum Gasteiger partial charge on any atom is 0.317 e. The number of likely N-dealkylation sites (tertiary alicyclic amines) is 1. The maximum atomic E-state index is 12.2. The molecule has 1 aromatic rings. The van der Waals surface area contributed by atoms with Crippen molar-refractivity contribution in [2.75, 3.05) is 40.3 Å². The van der Waals surface area contributed by atoms with Crippen molar-refractivity contribution in [1.29, 1.82) is 0 Å². The van der Waals surface area contributed by atoms with Gasteiger partial charge < -0.3 is 20.4 Å². The van der Waals surface area contributed by atoms with Crippen LogP contribution in [0.4, 0.5) is 4.79 Å². The van der Waals surface area contributed by atoms with Gasteiger partial charge in [-0.25, -0.2) is 4.79 Å². The Bertz CT molecular complexity index is 581. The van der Waals surface area contributed by atoms with Crippen LogP contribution in [0.2, 0.25) is 0 Å². The van der Waals surface area contributed by atoms with Crippen molar-refractivity contribution < 1.29 is 9.59 Å². The second-order valence-corrected chi connectivity index (χ2v) is 7.09. The van der Waals surface area contributed by atoms with Crippen LogP contribution < -0.4 is 10.6 Å². The van der Waals surface area contributed by atoms with Gasteiger partial charge in [0, 0.05) is 38.3 Å². The van der Waals surface area contributed by atoms with Crippen molar-refractivity contribution in [3.05, 3.63) is 35.4 Å². The van der Waals surface area contributed by atoms with Crippen molar-refractivity contribution in [3.8, 4) is 0 Å². The van der Waals surface area contributed by atoms with E-state index in [1.165, 1.54) is 0 Å². The number of urea groups is 1. The van der Waals surface area contributed by atoms with E-state index in [9.17, 15) is 9.59 Å². The summed E-state index contributed by atoms with van der Waals surface area (Å²) in [6, 6.07) is 7.39. The number of nitrogens with zero attached hydrogens (tertiary/aromatic N) is 2. The van der Waals surface area contributed by atoms with Crippen LogP contribution in [0.25, 0.3) is 0 Å². The minimum atomic E-state index is -0.0833. The lowest BCUT2D eigenvalue weighted by Crippen LogP contribution is -2.43. The molecule has 3 amide bonds. The van der Waals surface area contributed by atoms with Gasteiger partial charge in [0.2, 0.25) is 0 Å². The van der Waals surface area contributed by atoms with Crippen LogP contribution in [-0.2, 0) is 6.54 Å². The zero-order valence-electron chi connectivity index (χ0n) is 15.5. The molecule has 138 valence electrons. The van der Waals surface area contributed by atoms with Crippen LogP contribution in [0.5, 0.6) is 0 Å². The Kier molecular flexibility index (Phi) is 7.25. The molecular weight excluding hydrogens is 316 g/mol. The van der Waals surface area contributed by atoms with Crippen molar-refractivity contribution >= 4 is 11.9 Å². The third-order valence-corrected chi connectivity index (χ3v) is 4.55. The van der Waals surface area contributed by atoms with Gasteiger partial charge in [0.15, 0.2) is 0 Å². The molecule has 2 rings (SSSR count). The van der Waals surface area contributed by atoms with E-state index in [1.54, 1.807) is 6.07 Å². The fraction of sp³-hybridized carbons (Fsp3) is 0.579. The zero-order valence-corrected chi connectivity index (χ0v) is 15.5. The first-order chi connectivity index (χ1) is 12.0. The van der Waals surface area contributed by atoms with Gasteiger partial charge in [0.05, 0.1) is 0 Å². The zero-order chi connectivity index (χ0) is 18.2. The molecule has 0 atom stereocenters. The topological polar surface area (TPSA) is 64.7 Å². The molecule has 6 nitrogen and oxygen atoms in total. The fourth-order valence-electron chi connectivity index (χ4n) is 2.82. The Balaban J connectivity index is 1.82. The molecule has 6 heteroatoms. The summed E-state index contributed by atoms with van der Waals surface area (Å²) >= 11 is 0. The second-order valence-electron chi connectivity index (χ2n) is 7.09. The largest absolute Gasteiger partial charge is 0.351 e. The van der Waals surface area contributed by atoms with Crippen molar-refractivity contribution in [1.82, 2.24) is 20.4 Å². The minimum Gasteiger partial charge on any atom is -0.351 e. The monoisotopic (exact) mass is 346 g/mol. The first-order valence-corrected chi connectivity index (χ1v) is 9.00. The quantitative estimate of drug-likeness (QED) is 0.827. The van der Waals surface area contributed by atoms with Gasteiger partial charge in [-0.15, -0.1) is 0 Å². The van der Waals surface area contributed by atoms with Crippen molar-refractivity contribution in [2.45, 2.75) is 26.3 Å². The molecular formula is C19H30N4O2. The molecule has 0 aromatic heterocycles. The average molecular weight is 346 g/mol. The maximum absolute atomic E-state index is 12.2. The van der Waals surface area contributed by atoms with Crippen LogP contribution >= 0.6 is 0 Å². The highest BCUT2D eigenvalue weighted by Gasteiger charge is 2.19. The highest BCUT2D eigenvalue weighted by atomic mass is 16.2. The average Bonchev–Trinajstić information content (AvgIpc) is 2.60. The summed E-state index contributed by atoms with van der Waals surface area (Å²) in [5.41, 5.74) is 1.55. The van der Waals surface area contributed by atoms with E-state index in [4.69, 9.17) is 0 Å². The second kappa shape index (κ2) is 9.42. The van der Waals surface area contributed by atoms with Crippen molar-refractivity contribution in [3.63, 3.8) is 0 Å². The summed E-state index contributed by atoms with van der Waals surface area (Å²) in [7, 11) is 3.94. The third kappa shape index (κ3) is 6.38. The van der Waals surface area contributed by atoms with E-state index in [2.05, 4.69) is 17.6 Å². The highest BCUT2D eigenvalue weighted by molar-refractivity contribution is 5.94. The number of hydrogen-bond acceptors (Lipinski definition) is 3. The summed E-state index contributed by atoms with van der Waals surface area (Å²) in [4.78, 5) is 28.3. The molecule has 0 saturated carbocycles. The van der Waals surface area contributed by atoms with E-state index < -0.39 is 0 Å². The Morgan fingerprint density at radius 3 is 2.60 bits per heavy atom. The standard InChI is InChI=1S/C19H30N4O2/c1-15-7-10-23(11-8-15)19(25)21-14-16-5-4-6-17(13-16)18(24)20-9-12-22(2)3/h4-6,13,15H,7-12,14H2,1-3H3,(H,20,24)(H,21,25). The first kappa shape index (κ1) is 19.2. The summed E-state index contributed by atoms with van der Waals surface area (Å²) < 4.78 is 0. The summed E-state index contributed by atoms with van der Waals surface area (Å²) in [5, 5.41) is 5.86. The number of likely N-dealkylation sites (N-methyl/N-ethyl adjacent to an activating group) is 1. The molecule has 1 heterocycles. The van der Waals surface area contributed by atoms with Crippen LogP contribution in [0, 0.1) is 5.92 Å². The van der Waals surface area contributed by atoms with E-state index in [-0.39, 0.29) is 11.9 Å². The van der Waals surface area contributed by atoms with E-state index in [0.717, 1.165) is 38.0 Å². The molecule has 2 N–H and O–H groups in total. The Morgan fingerprint density at radius 2 is 1.92 bits per heavy atom. The number of piperidine rings is 1. The predicted molar refractivity (Wildman–Crippen MR) is 99.5 cm³/mol. The van der Waals surface area contributed by atoms with E-state index >= 15 is 0 Å². The summed E-state index contributed by atoms with van der Waals surface area (Å²) in [6.07, 6.45) is 2.13. The van der Waals surface area contributed by atoms with Crippen molar-refractivity contribution in [2.24, 2.45) is 5.92 Å². The van der Waals surface area contributed by atoms with Crippen LogP contribution in [0.3, 0.4) is 0 Å². The number of carbonyl (C=O) groups is 2. The Hall–Kier alpha value is -2.08. The van der Waals surface area contributed by atoms with Crippen LogP contribution in [0.15, 0.2) is 24.3 Å². The molecule has 1 aliphatic heterocycles. The van der Waals surface area contributed by atoms with Gasteiger partial charge in [-0.1, -0.05) is 19.1 Å². The molecule has 1 saturated heterocycles. The van der Waals surface area contributed by atoms with Gasteiger partial charge in [-0.2, -0.15) is 0 Å². The molecule has 0 spiro atoms. The molecule has 1 aliphatic rings. The van der Waals surface area contributed by atoms with Gasteiger partial charge >= 0.3 is 6.03 Å². The van der Waals surface area contributed by atoms with E-state index in [1.807, 2.05) is 42.1 Å². The summed E-state index contributed by atoms with van der Waals surface area (Å²) in [6.45, 7) is 5.72. The normalized spacial score (nSPS) is 15.3. The number of hydrogen-bond donors (Lipinski definition) is 2. The Morgan fingerprint density at radius 1 is 1.20 bits per heavy atom. The molecule has 1 aromatic carbocycles. The number of nitrogens with one attached hydrogen (secondary N) is 2. The first-order valence-electron chi connectivity index (χ1n) is 9.00. The lowest BCUT2D eigenvalue weighted by atomic mass is 10.00. The number of benzene rings is 1. The third-order valence-electron chi connectivity index (χ3n) is 4.55. The highest BCUT2D eigenvalue weighted by Crippen LogP contribution is 2.16. The predicted octanol–water partition coefficient (Wildman–Crippen LogP) is 1.92. The van der Waals surface area contributed by atoms with Crippen LogP contribution in [-0.4, -0.2) is 62.0 Å². The number of amides is 3. The lowest BCUT2D eigenvalue weighted by molar-refractivity contribution is 0.0951. The van der Waals surface area contributed by atoms with Gasteiger partial charge in [-0.05, 0) is 50.6 Å². The SMILES string of the molecule is CC1CCN(C(=O)NCc2cccc(C(=O)NCCN(C)C)c2)CC1. The number of carbonyl (C=O) groups excluding carboxylic acids is 2. The lowest BCUT2D eigenvalue weighted by Gasteiger charge is -2.30. The smallest absolute Gasteiger partial charge is 0.317 e. The number of rotatable bonds is 6. The van der Waals surface area contributed by atoms with Gasteiger partial charge in [-0.3, -0.25) is 4.79 Å². The Labute approximate surface area is 150 Å². The molecule has 25 heavy (non-hydrogen) atoms. The van der Waals surface area contributed by atoms with Crippen LogP contribution in [0.1, 0.15) is 35.7 Å². The van der Waals surface area contributed by atoms with Gasteiger partial charge in [0.1, 0.15) is 0 Å². The van der Waals surface area contributed by atoms with Gasteiger partial charge in [0.25, 0.3) is 5.91 Å². The summed E-state index contributed by atoms with van der Waals surface area (Å²) in [5.74, 6) is 0.617. The molecule has 0 aliphatic carbocycles. The molecule has 0 radical (unpaired) electrons. The molecule has 0 bridgehead atoms. The fourth-order valence-corrected chi connectivity index (χ4v) is 2.82. The van der Waals surface area contributed by atoms with E-state index in [0.29, 0.717) is 24.6 Å².